The van der Waals surface area contributed by atoms with Gasteiger partial charge in [0, 0.05) is 11.6 Å². The molecule has 0 atom stereocenters. The highest BCUT2D eigenvalue weighted by atomic mass is 16.3. The van der Waals surface area contributed by atoms with Crippen LogP contribution in [0.5, 0.6) is 5.75 Å². The van der Waals surface area contributed by atoms with Crippen LogP contribution in [0.2, 0.25) is 0 Å². The smallest absolute Gasteiger partial charge is 0.141 e. The Morgan fingerprint density at radius 3 is 2.61 bits per heavy atom. The average Bonchev–Trinajstić information content (AvgIpc) is 2.82. The number of hydrogen-bond donors (Lipinski definition) is 2. The lowest BCUT2D eigenvalue weighted by Crippen LogP contribution is -2.12. The first-order valence-corrected chi connectivity index (χ1v) is 5.91. The van der Waals surface area contributed by atoms with Gasteiger partial charge in [-0.05, 0) is 17.7 Å². The summed E-state index contributed by atoms with van der Waals surface area (Å²) < 4.78 is 1.86. The summed E-state index contributed by atoms with van der Waals surface area (Å²) in [5, 5.41) is 10.9. The largest absolute Gasteiger partial charge is 0.506 e. The van der Waals surface area contributed by atoms with E-state index in [-0.39, 0.29) is 5.75 Å². The van der Waals surface area contributed by atoms with Gasteiger partial charge in [0.25, 0.3) is 0 Å². The van der Waals surface area contributed by atoms with Crippen LogP contribution < -0.4 is 5.43 Å². The van der Waals surface area contributed by atoms with Crippen LogP contribution in [0.4, 0.5) is 0 Å². The van der Waals surface area contributed by atoms with Gasteiger partial charge in [-0.1, -0.05) is 42.5 Å². The second kappa shape index (κ2) is 4.45. The predicted molar refractivity (Wildman–Crippen MR) is 73.1 cm³/mol. The average molecular weight is 238 g/mol. The molecule has 0 saturated heterocycles. The molecule has 18 heavy (non-hydrogen) atoms. The Balaban J connectivity index is 1.87. The molecule has 0 aliphatic rings. The van der Waals surface area contributed by atoms with Crippen molar-refractivity contribution in [2.75, 3.05) is 5.43 Å². The van der Waals surface area contributed by atoms with E-state index in [2.05, 4.69) is 17.6 Å². The van der Waals surface area contributed by atoms with Crippen LogP contribution in [0.3, 0.4) is 0 Å². The van der Waals surface area contributed by atoms with E-state index in [1.165, 1.54) is 5.56 Å². The number of aromatic hydroxyl groups is 1. The van der Waals surface area contributed by atoms with Crippen molar-refractivity contribution in [3.8, 4) is 5.75 Å². The zero-order valence-electron chi connectivity index (χ0n) is 9.88. The van der Waals surface area contributed by atoms with E-state index in [0.29, 0.717) is 0 Å². The van der Waals surface area contributed by atoms with Crippen molar-refractivity contribution in [1.82, 2.24) is 4.68 Å². The Morgan fingerprint density at radius 1 is 0.944 bits per heavy atom. The minimum Gasteiger partial charge on any atom is -0.506 e. The second-order valence-corrected chi connectivity index (χ2v) is 4.22. The van der Waals surface area contributed by atoms with Crippen molar-refractivity contribution in [2.45, 2.75) is 6.54 Å². The Labute approximate surface area is 105 Å². The molecule has 0 bridgehead atoms. The number of phenolic OH excluding ortho intramolecular Hbond substituents is 1. The minimum atomic E-state index is 0.290. The van der Waals surface area contributed by atoms with Crippen molar-refractivity contribution in [3.05, 3.63) is 66.4 Å². The quantitative estimate of drug-likeness (QED) is 0.735. The third-order valence-electron chi connectivity index (χ3n) is 2.99. The molecule has 3 heteroatoms. The number of phenols is 1. The maximum Gasteiger partial charge on any atom is 0.141 e. The van der Waals surface area contributed by atoms with Crippen LogP contribution in [-0.4, -0.2) is 9.78 Å². The van der Waals surface area contributed by atoms with E-state index < -0.39 is 0 Å². The summed E-state index contributed by atoms with van der Waals surface area (Å²) in [6.07, 6.45) is 1.92. The van der Waals surface area contributed by atoms with Crippen LogP contribution in [-0.2, 0) is 6.54 Å². The molecule has 0 spiro atoms. The summed E-state index contributed by atoms with van der Waals surface area (Å²) >= 11 is 0. The lowest BCUT2D eigenvalue weighted by molar-refractivity contribution is 0.479. The van der Waals surface area contributed by atoms with Crippen molar-refractivity contribution < 1.29 is 5.11 Å². The van der Waals surface area contributed by atoms with Crippen molar-refractivity contribution in [1.29, 1.82) is 0 Å². The third-order valence-corrected chi connectivity index (χ3v) is 2.99. The molecule has 0 unspecified atom stereocenters. The molecule has 1 heterocycles. The summed E-state index contributed by atoms with van der Waals surface area (Å²) in [5.41, 5.74) is 5.30. The minimum absolute atomic E-state index is 0.290. The first kappa shape index (κ1) is 10.7. The van der Waals surface area contributed by atoms with Crippen LogP contribution >= 0.6 is 0 Å². The summed E-state index contributed by atoms with van der Waals surface area (Å²) in [5.74, 6) is 0.290. The molecule has 90 valence electrons. The summed E-state index contributed by atoms with van der Waals surface area (Å²) in [4.78, 5) is 0. The molecule has 0 fully saturated rings. The summed E-state index contributed by atoms with van der Waals surface area (Å²) in [6.45, 7) is 0.721. The van der Waals surface area contributed by atoms with Gasteiger partial charge in [0.15, 0.2) is 0 Å². The Kier molecular flexibility index (Phi) is 2.65. The molecule has 2 N–H and O–H groups in total. The number of rotatable bonds is 3. The molecule has 3 nitrogen and oxygen atoms in total. The van der Waals surface area contributed by atoms with Gasteiger partial charge < -0.3 is 10.5 Å². The van der Waals surface area contributed by atoms with Crippen LogP contribution in [0.1, 0.15) is 5.56 Å². The number of benzene rings is 2. The Hall–Kier alpha value is -2.42. The molecular formula is C15H14N2O. The molecular weight excluding hydrogens is 224 g/mol. The lowest BCUT2D eigenvalue weighted by atomic mass is 10.2. The number of fused-ring (bicyclic) bond motifs is 1. The fourth-order valence-corrected chi connectivity index (χ4v) is 2.08. The first-order valence-electron chi connectivity index (χ1n) is 5.91. The first-order chi connectivity index (χ1) is 8.84. The molecule has 0 radical (unpaired) electrons. The molecule has 2 aromatic carbocycles. The van der Waals surface area contributed by atoms with E-state index in [4.69, 9.17) is 0 Å². The van der Waals surface area contributed by atoms with Crippen LogP contribution in [0.15, 0.2) is 60.8 Å². The van der Waals surface area contributed by atoms with Gasteiger partial charge in [0.05, 0.1) is 6.54 Å². The van der Waals surface area contributed by atoms with Gasteiger partial charge in [-0.2, -0.15) is 0 Å². The standard InChI is InChI=1S/C15H14N2O/c18-14-8-4-7-13-9-10-17(15(13)14)16-11-12-5-2-1-3-6-12/h1-10,16,18H,11H2. The van der Waals surface area contributed by atoms with E-state index in [1.807, 2.05) is 47.3 Å². The highest BCUT2D eigenvalue weighted by Crippen LogP contribution is 2.24. The molecule has 3 aromatic rings. The van der Waals surface area contributed by atoms with E-state index in [1.54, 1.807) is 6.07 Å². The van der Waals surface area contributed by atoms with E-state index in [9.17, 15) is 5.11 Å². The normalized spacial score (nSPS) is 10.7. The number of para-hydroxylation sites is 1. The number of nitrogens with one attached hydrogen (secondary N) is 1. The fourth-order valence-electron chi connectivity index (χ4n) is 2.08. The summed E-state index contributed by atoms with van der Waals surface area (Å²) in [6, 6.07) is 17.7. The molecule has 3 rings (SSSR count). The van der Waals surface area contributed by atoms with Gasteiger partial charge in [-0.15, -0.1) is 0 Å². The van der Waals surface area contributed by atoms with E-state index in [0.717, 1.165) is 17.4 Å². The van der Waals surface area contributed by atoms with Gasteiger partial charge in [-0.25, -0.2) is 0 Å². The topological polar surface area (TPSA) is 37.2 Å². The predicted octanol–water partition coefficient (Wildman–Crippen LogP) is 3.09. The molecule has 0 aliphatic heterocycles. The zero-order valence-corrected chi connectivity index (χ0v) is 9.88. The number of hydrogen-bond acceptors (Lipinski definition) is 2. The second-order valence-electron chi connectivity index (χ2n) is 4.22. The lowest BCUT2D eigenvalue weighted by Gasteiger charge is -2.10. The van der Waals surface area contributed by atoms with Crippen molar-refractivity contribution in [3.63, 3.8) is 0 Å². The Bertz CT molecular complexity index is 659. The van der Waals surface area contributed by atoms with Gasteiger partial charge in [0.1, 0.15) is 11.3 Å². The highest BCUT2D eigenvalue weighted by Gasteiger charge is 2.04. The van der Waals surface area contributed by atoms with Crippen LogP contribution in [0.25, 0.3) is 10.9 Å². The summed E-state index contributed by atoms with van der Waals surface area (Å²) in [7, 11) is 0. The SMILES string of the molecule is Oc1cccc2ccn(NCc3ccccc3)c12. The van der Waals surface area contributed by atoms with Gasteiger partial charge in [-0.3, -0.25) is 4.68 Å². The van der Waals surface area contributed by atoms with Gasteiger partial charge in [0.2, 0.25) is 0 Å². The third kappa shape index (κ3) is 1.91. The number of aromatic nitrogens is 1. The van der Waals surface area contributed by atoms with Crippen molar-refractivity contribution in [2.24, 2.45) is 0 Å². The molecule has 0 aliphatic carbocycles. The van der Waals surface area contributed by atoms with Crippen molar-refractivity contribution >= 4 is 10.9 Å². The zero-order chi connectivity index (χ0) is 12.4. The fraction of sp³-hybridized carbons (Fsp3) is 0.0667. The Morgan fingerprint density at radius 2 is 1.78 bits per heavy atom. The molecule has 0 amide bonds. The van der Waals surface area contributed by atoms with E-state index >= 15 is 0 Å². The number of nitrogens with zero attached hydrogens (tertiary/aromatic N) is 1. The monoisotopic (exact) mass is 238 g/mol. The van der Waals surface area contributed by atoms with Crippen LogP contribution in [0, 0.1) is 0 Å². The van der Waals surface area contributed by atoms with Gasteiger partial charge >= 0.3 is 0 Å². The highest BCUT2D eigenvalue weighted by molar-refractivity contribution is 5.85. The molecule has 0 saturated carbocycles. The molecule has 1 aromatic heterocycles. The maximum absolute atomic E-state index is 9.88. The maximum atomic E-state index is 9.88.